The first-order chi connectivity index (χ1) is 9.90. The molecule has 2 fully saturated rings. The molecule has 2 amide bonds. The quantitative estimate of drug-likeness (QED) is 0.806. The van der Waals surface area contributed by atoms with Crippen LogP contribution in [0.2, 0.25) is 0 Å². The molecule has 2 N–H and O–H groups in total. The van der Waals surface area contributed by atoms with Crippen LogP contribution in [0.5, 0.6) is 0 Å². The van der Waals surface area contributed by atoms with Crippen LogP contribution in [-0.2, 0) is 4.79 Å². The van der Waals surface area contributed by atoms with E-state index in [1.807, 2.05) is 6.92 Å². The molecule has 2 rings (SSSR count). The summed E-state index contributed by atoms with van der Waals surface area (Å²) in [6, 6.07) is -0.190. The minimum absolute atomic E-state index is 0.190. The third kappa shape index (κ3) is 3.00. The van der Waals surface area contributed by atoms with E-state index in [1.165, 1.54) is 0 Å². The Morgan fingerprint density at radius 1 is 1.38 bits per heavy atom. The molecule has 1 aliphatic heterocycles. The lowest BCUT2D eigenvalue weighted by molar-refractivity contribution is -0.148. The van der Waals surface area contributed by atoms with Crippen LogP contribution < -0.4 is 0 Å². The second-order valence-electron chi connectivity index (χ2n) is 6.50. The van der Waals surface area contributed by atoms with Crippen molar-refractivity contribution in [3.8, 4) is 0 Å². The largest absolute Gasteiger partial charge is 0.479 e. The summed E-state index contributed by atoms with van der Waals surface area (Å²) in [5.41, 5.74) is -1.03. The molecule has 0 radical (unpaired) electrons. The van der Waals surface area contributed by atoms with Crippen LogP contribution in [0.1, 0.15) is 45.4 Å². The highest BCUT2D eigenvalue weighted by Gasteiger charge is 2.50. The molecule has 6 nitrogen and oxygen atoms in total. The molecular weight excluding hydrogens is 272 g/mol. The molecule has 1 saturated heterocycles. The molecule has 0 bridgehead atoms. The van der Waals surface area contributed by atoms with Crippen LogP contribution in [-0.4, -0.2) is 63.8 Å². The summed E-state index contributed by atoms with van der Waals surface area (Å²) in [4.78, 5) is 27.5. The van der Waals surface area contributed by atoms with E-state index >= 15 is 0 Å². The first-order valence-electron chi connectivity index (χ1n) is 7.85. The molecule has 21 heavy (non-hydrogen) atoms. The lowest BCUT2D eigenvalue weighted by atomic mass is 9.82. The topological polar surface area (TPSA) is 81.1 Å². The number of rotatable bonds is 5. The molecule has 1 unspecified atom stereocenters. The number of aliphatic carboxylic acids is 1. The van der Waals surface area contributed by atoms with Gasteiger partial charge in [-0.05, 0) is 38.0 Å². The Balaban J connectivity index is 2.03. The number of hydrogen-bond acceptors (Lipinski definition) is 3. The maximum absolute atomic E-state index is 12.6. The smallest absolute Gasteiger partial charge is 0.329 e. The summed E-state index contributed by atoms with van der Waals surface area (Å²) in [6.45, 7) is 3.06. The molecule has 1 aliphatic carbocycles. The summed E-state index contributed by atoms with van der Waals surface area (Å²) >= 11 is 0. The predicted octanol–water partition coefficient (Wildman–Crippen LogP) is 1.53. The Hall–Kier alpha value is -1.30. The highest BCUT2D eigenvalue weighted by atomic mass is 16.4. The van der Waals surface area contributed by atoms with Gasteiger partial charge in [-0.25, -0.2) is 9.59 Å². The van der Waals surface area contributed by atoms with Gasteiger partial charge in [0.2, 0.25) is 0 Å². The van der Waals surface area contributed by atoms with E-state index in [0.29, 0.717) is 31.8 Å². The zero-order valence-electron chi connectivity index (χ0n) is 12.9. The maximum atomic E-state index is 12.6. The summed E-state index contributed by atoms with van der Waals surface area (Å²) in [7, 11) is 1.73. The number of likely N-dealkylation sites (tertiary alicyclic amines) is 1. The fourth-order valence-electron chi connectivity index (χ4n) is 3.68. The zero-order valence-corrected chi connectivity index (χ0v) is 12.9. The van der Waals surface area contributed by atoms with Crippen LogP contribution in [0, 0.1) is 5.92 Å². The van der Waals surface area contributed by atoms with Crippen LogP contribution in [0.4, 0.5) is 4.79 Å². The van der Waals surface area contributed by atoms with Crippen molar-refractivity contribution >= 4 is 12.0 Å². The van der Waals surface area contributed by atoms with Gasteiger partial charge in [-0.1, -0.05) is 13.3 Å². The summed E-state index contributed by atoms with van der Waals surface area (Å²) in [6.07, 6.45) is 3.77. The first-order valence-corrected chi connectivity index (χ1v) is 7.85. The van der Waals surface area contributed by atoms with E-state index < -0.39 is 11.5 Å². The lowest BCUT2D eigenvalue weighted by Crippen LogP contribution is -2.57. The molecule has 0 spiro atoms. The van der Waals surface area contributed by atoms with Crippen molar-refractivity contribution in [3.05, 3.63) is 0 Å². The SMILES string of the molecule is CCCC1(C(=O)O)CCCN1C(=O)N(C)CC1CC(O)C1. The van der Waals surface area contributed by atoms with Crippen LogP contribution in [0.15, 0.2) is 0 Å². The number of aliphatic hydroxyl groups excluding tert-OH is 1. The molecule has 0 aromatic carbocycles. The monoisotopic (exact) mass is 298 g/mol. The molecule has 2 aliphatic rings. The number of aliphatic hydroxyl groups is 1. The van der Waals surface area contributed by atoms with Gasteiger partial charge in [0, 0.05) is 20.1 Å². The Bertz CT molecular complexity index is 408. The Kier molecular flexibility index (Phi) is 4.76. The minimum Gasteiger partial charge on any atom is -0.479 e. The van der Waals surface area contributed by atoms with E-state index in [4.69, 9.17) is 0 Å². The number of urea groups is 1. The third-order valence-electron chi connectivity index (χ3n) is 4.85. The Labute approximate surface area is 125 Å². The van der Waals surface area contributed by atoms with Crippen LogP contribution >= 0.6 is 0 Å². The van der Waals surface area contributed by atoms with Gasteiger partial charge in [-0.3, -0.25) is 0 Å². The average molecular weight is 298 g/mol. The van der Waals surface area contributed by atoms with Crippen molar-refractivity contribution in [3.63, 3.8) is 0 Å². The number of nitrogens with zero attached hydrogens (tertiary/aromatic N) is 2. The van der Waals surface area contributed by atoms with Gasteiger partial charge >= 0.3 is 12.0 Å². The Morgan fingerprint density at radius 2 is 2.05 bits per heavy atom. The third-order valence-corrected chi connectivity index (χ3v) is 4.85. The lowest BCUT2D eigenvalue weighted by Gasteiger charge is -2.39. The summed E-state index contributed by atoms with van der Waals surface area (Å²) in [5.74, 6) is -0.551. The molecule has 120 valence electrons. The normalized spacial score (nSPS) is 31.9. The van der Waals surface area contributed by atoms with Gasteiger partial charge in [0.05, 0.1) is 6.10 Å². The minimum atomic E-state index is -1.03. The summed E-state index contributed by atoms with van der Waals surface area (Å²) < 4.78 is 0. The molecule has 6 heteroatoms. The van der Waals surface area contributed by atoms with Gasteiger partial charge in [0.25, 0.3) is 0 Å². The Morgan fingerprint density at radius 3 is 2.57 bits per heavy atom. The molecule has 0 aromatic heterocycles. The van der Waals surface area contributed by atoms with E-state index in [1.54, 1.807) is 16.8 Å². The second kappa shape index (κ2) is 6.22. The van der Waals surface area contributed by atoms with Crippen LogP contribution in [0.3, 0.4) is 0 Å². The summed E-state index contributed by atoms with van der Waals surface area (Å²) in [5, 5.41) is 18.9. The highest BCUT2D eigenvalue weighted by Crippen LogP contribution is 2.35. The van der Waals surface area contributed by atoms with Gasteiger partial charge in [-0.2, -0.15) is 0 Å². The first kappa shape index (κ1) is 16.1. The van der Waals surface area contributed by atoms with Crippen molar-refractivity contribution in [2.75, 3.05) is 20.1 Å². The number of carboxylic acids is 1. The fraction of sp³-hybridized carbons (Fsp3) is 0.867. The maximum Gasteiger partial charge on any atom is 0.329 e. The number of carboxylic acid groups (broad SMARTS) is 1. The van der Waals surface area contributed by atoms with Gasteiger partial charge in [-0.15, -0.1) is 0 Å². The van der Waals surface area contributed by atoms with E-state index in [-0.39, 0.29) is 12.1 Å². The fourth-order valence-corrected chi connectivity index (χ4v) is 3.68. The van der Waals surface area contributed by atoms with E-state index in [0.717, 1.165) is 25.7 Å². The van der Waals surface area contributed by atoms with E-state index in [9.17, 15) is 19.8 Å². The molecule has 1 saturated carbocycles. The standard InChI is InChI=1S/C15H26N2O4/c1-3-5-15(13(19)20)6-4-7-17(15)14(21)16(2)10-11-8-12(18)9-11/h11-12,18H,3-10H2,1-2H3,(H,19,20). The van der Waals surface area contributed by atoms with Gasteiger partial charge in [0.1, 0.15) is 5.54 Å². The van der Waals surface area contributed by atoms with Gasteiger partial charge in [0.15, 0.2) is 0 Å². The predicted molar refractivity (Wildman–Crippen MR) is 78.0 cm³/mol. The average Bonchev–Trinajstić information content (AvgIpc) is 2.81. The number of amides is 2. The molecule has 0 aromatic rings. The van der Waals surface area contributed by atoms with Crippen LogP contribution in [0.25, 0.3) is 0 Å². The molecular formula is C15H26N2O4. The van der Waals surface area contributed by atoms with Crippen molar-refractivity contribution < 1.29 is 19.8 Å². The van der Waals surface area contributed by atoms with Crippen molar-refractivity contribution in [1.29, 1.82) is 0 Å². The van der Waals surface area contributed by atoms with Gasteiger partial charge < -0.3 is 20.0 Å². The van der Waals surface area contributed by atoms with Crippen molar-refractivity contribution in [2.24, 2.45) is 5.92 Å². The van der Waals surface area contributed by atoms with Crippen molar-refractivity contribution in [2.45, 2.75) is 57.1 Å². The van der Waals surface area contributed by atoms with E-state index in [2.05, 4.69) is 0 Å². The van der Waals surface area contributed by atoms with Crippen molar-refractivity contribution in [1.82, 2.24) is 9.80 Å². The number of carbonyl (C=O) groups excluding carboxylic acids is 1. The second-order valence-corrected chi connectivity index (χ2v) is 6.50. The molecule has 1 heterocycles. The zero-order chi connectivity index (χ0) is 15.6. The molecule has 1 atom stereocenters. The highest BCUT2D eigenvalue weighted by molar-refractivity contribution is 5.87. The number of hydrogen-bond donors (Lipinski definition) is 2. The number of carbonyl (C=O) groups is 2.